The van der Waals surface area contributed by atoms with E-state index in [1.165, 1.54) is 4.90 Å². The molecule has 0 radical (unpaired) electrons. The number of amides is 1. The summed E-state index contributed by atoms with van der Waals surface area (Å²) in [6.45, 7) is 2.93. The molecule has 1 aliphatic rings. The first-order chi connectivity index (χ1) is 12.1. The van der Waals surface area contributed by atoms with Crippen LogP contribution in [0.5, 0.6) is 0 Å². The fraction of sp³-hybridized carbons (Fsp3) is 0.562. The number of rotatable bonds is 10. The van der Waals surface area contributed by atoms with Crippen molar-refractivity contribution in [2.24, 2.45) is 0 Å². The number of hydrogen-bond acceptors (Lipinski definition) is 8. The number of carbonyl (C=O) groups is 1. The quantitative estimate of drug-likeness (QED) is 0.467. The van der Waals surface area contributed by atoms with E-state index in [9.17, 15) is 9.90 Å². The lowest BCUT2D eigenvalue weighted by Crippen LogP contribution is -2.17. The first kappa shape index (κ1) is 20.0. The van der Waals surface area contributed by atoms with Crippen LogP contribution in [0.25, 0.3) is 0 Å². The number of ether oxygens (including phenoxy) is 1. The van der Waals surface area contributed by atoms with Crippen molar-refractivity contribution in [2.75, 3.05) is 24.7 Å². The monoisotopic (exact) mass is 384 g/mol. The summed E-state index contributed by atoms with van der Waals surface area (Å²) >= 11 is 0. The lowest BCUT2D eigenvalue weighted by Gasteiger charge is -2.16. The zero-order valence-electron chi connectivity index (χ0n) is 14.3. The van der Waals surface area contributed by atoms with Gasteiger partial charge in [0.05, 0.1) is 12.6 Å². The number of aryl methyl sites for hydroxylation is 1. The van der Waals surface area contributed by atoms with Gasteiger partial charge in [-0.05, 0) is 19.8 Å². The largest absolute Gasteiger partial charge is 0.396 e. The third kappa shape index (κ3) is 6.85. The van der Waals surface area contributed by atoms with Gasteiger partial charge in [-0.25, -0.2) is 9.97 Å². The molecule has 7 nitrogen and oxygen atoms in total. The van der Waals surface area contributed by atoms with E-state index in [4.69, 9.17) is 10.5 Å². The highest BCUT2D eigenvalue weighted by Crippen LogP contribution is 2.34. The van der Waals surface area contributed by atoms with Crippen LogP contribution in [0.4, 0.5) is 5.82 Å². The van der Waals surface area contributed by atoms with Crippen LogP contribution >= 0.6 is 21.6 Å². The van der Waals surface area contributed by atoms with Crippen LogP contribution in [0.3, 0.4) is 0 Å². The highest BCUT2D eigenvalue weighted by molar-refractivity contribution is 8.78. The Morgan fingerprint density at radius 3 is 3.08 bits per heavy atom. The summed E-state index contributed by atoms with van der Waals surface area (Å²) in [5.41, 5.74) is 6.58. The first-order valence-electron chi connectivity index (χ1n) is 8.14. The van der Waals surface area contributed by atoms with Gasteiger partial charge in [-0.15, -0.1) is 0 Å². The molecular weight excluding hydrogens is 360 g/mol. The number of anilines is 1. The maximum absolute atomic E-state index is 11.4. The number of aliphatic hydroxyl groups is 1. The average Bonchev–Trinajstić information content (AvgIpc) is 3.10. The Morgan fingerprint density at radius 2 is 2.44 bits per heavy atom. The summed E-state index contributed by atoms with van der Waals surface area (Å²) < 4.78 is 5.60. The molecule has 0 aromatic carbocycles. The van der Waals surface area contributed by atoms with Gasteiger partial charge in [0.1, 0.15) is 11.6 Å². The van der Waals surface area contributed by atoms with Crippen LogP contribution in [0.2, 0.25) is 0 Å². The zero-order chi connectivity index (χ0) is 18.1. The van der Waals surface area contributed by atoms with Gasteiger partial charge in [-0.1, -0.05) is 21.6 Å². The Bertz CT molecular complexity index is 595. The van der Waals surface area contributed by atoms with Crippen molar-refractivity contribution in [1.29, 1.82) is 0 Å². The maximum atomic E-state index is 11.4. The highest BCUT2D eigenvalue weighted by atomic mass is 33.1. The van der Waals surface area contributed by atoms with Crippen molar-refractivity contribution in [3.8, 4) is 0 Å². The number of nitrogen functional groups attached to an aromatic ring is 1. The Kier molecular flexibility index (Phi) is 8.53. The van der Waals surface area contributed by atoms with Crippen LogP contribution in [-0.4, -0.2) is 51.5 Å². The molecule has 1 aliphatic heterocycles. The van der Waals surface area contributed by atoms with Crippen molar-refractivity contribution in [3.63, 3.8) is 0 Å². The molecular formula is C16H24N4O3S2. The average molecular weight is 385 g/mol. The molecule has 3 N–H and O–H groups in total. The molecule has 1 atom stereocenters. The first-order valence-corrected chi connectivity index (χ1v) is 10.5. The molecule has 1 aromatic heterocycles. The van der Waals surface area contributed by atoms with Crippen LogP contribution < -0.4 is 5.73 Å². The lowest BCUT2D eigenvalue weighted by atomic mass is 10.3. The molecule has 1 aromatic rings. The Labute approximate surface area is 155 Å². The standard InChI is InChI=1S/C16H24N4O3S2/c1-12-18-7-13(16(17)19-12)8-20(11-22)9-15(4-5-21)25-24-10-14-3-2-6-23-14/h7,9,11,14,21H,2-6,8,10H2,1H3,(H2,17,18,19)/b15-9+. The smallest absolute Gasteiger partial charge is 0.214 e. The minimum absolute atomic E-state index is 0.0296. The van der Waals surface area contributed by atoms with Crippen LogP contribution in [0.15, 0.2) is 17.3 Å². The fourth-order valence-electron chi connectivity index (χ4n) is 2.33. The molecule has 0 spiro atoms. The highest BCUT2D eigenvalue weighted by Gasteiger charge is 2.16. The Hall–Kier alpha value is -1.29. The second kappa shape index (κ2) is 10.6. The summed E-state index contributed by atoms with van der Waals surface area (Å²) in [6, 6.07) is 0. The third-order valence-corrected chi connectivity index (χ3v) is 6.17. The minimum Gasteiger partial charge on any atom is -0.396 e. The second-order valence-corrected chi connectivity index (χ2v) is 8.14. The predicted octanol–water partition coefficient (Wildman–Crippen LogP) is 2.11. The van der Waals surface area contributed by atoms with Crippen LogP contribution in [0, 0.1) is 6.92 Å². The van der Waals surface area contributed by atoms with Crippen molar-refractivity contribution in [2.45, 2.75) is 38.8 Å². The van der Waals surface area contributed by atoms with Gasteiger partial charge < -0.3 is 20.5 Å². The maximum Gasteiger partial charge on any atom is 0.214 e. The Morgan fingerprint density at radius 1 is 1.60 bits per heavy atom. The molecule has 1 saturated heterocycles. The summed E-state index contributed by atoms with van der Waals surface area (Å²) in [6.07, 6.45) is 7.13. The van der Waals surface area contributed by atoms with E-state index in [1.54, 1.807) is 40.9 Å². The predicted molar refractivity (Wildman–Crippen MR) is 102 cm³/mol. The fourth-order valence-corrected chi connectivity index (χ4v) is 4.81. The molecule has 9 heteroatoms. The van der Waals surface area contributed by atoms with Crippen molar-refractivity contribution >= 4 is 33.8 Å². The van der Waals surface area contributed by atoms with Gasteiger partial charge in [0.15, 0.2) is 0 Å². The van der Waals surface area contributed by atoms with E-state index < -0.39 is 0 Å². The van der Waals surface area contributed by atoms with Crippen LogP contribution in [-0.2, 0) is 16.1 Å². The van der Waals surface area contributed by atoms with Crippen molar-refractivity contribution < 1.29 is 14.6 Å². The number of aromatic nitrogens is 2. The van der Waals surface area contributed by atoms with Gasteiger partial charge in [-0.3, -0.25) is 4.79 Å². The van der Waals surface area contributed by atoms with Gasteiger partial charge in [0, 0.05) is 48.3 Å². The van der Waals surface area contributed by atoms with Gasteiger partial charge in [-0.2, -0.15) is 0 Å². The molecule has 1 amide bonds. The summed E-state index contributed by atoms with van der Waals surface area (Å²) in [7, 11) is 3.25. The molecule has 0 aliphatic carbocycles. The Balaban J connectivity index is 1.95. The third-order valence-electron chi connectivity index (χ3n) is 3.62. The molecule has 138 valence electrons. The van der Waals surface area contributed by atoms with E-state index in [1.807, 2.05) is 0 Å². The molecule has 1 unspecified atom stereocenters. The van der Waals surface area contributed by atoms with E-state index in [-0.39, 0.29) is 6.61 Å². The molecule has 1 fully saturated rings. The van der Waals surface area contributed by atoms with E-state index in [0.29, 0.717) is 36.3 Å². The van der Waals surface area contributed by atoms with E-state index in [0.717, 1.165) is 36.5 Å². The topological polar surface area (TPSA) is 102 Å². The SMILES string of the molecule is Cc1ncc(CN(C=O)/C=C(\CCO)SSCC2CCCO2)c(N)n1. The zero-order valence-corrected chi connectivity index (χ0v) is 15.9. The van der Waals surface area contributed by atoms with Gasteiger partial charge in [0.25, 0.3) is 0 Å². The van der Waals surface area contributed by atoms with Crippen molar-refractivity contribution in [1.82, 2.24) is 14.9 Å². The molecule has 0 saturated carbocycles. The van der Waals surface area contributed by atoms with Gasteiger partial charge >= 0.3 is 0 Å². The summed E-state index contributed by atoms with van der Waals surface area (Å²) in [5, 5.41) is 9.26. The number of aliphatic hydroxyl groups excluding tert-OH is 1. The number of nitrogens with two attached hydrogens (primary N) is 1. The van der Waals surface area contributed by atoms with Gasteiger partial charge in [0.2, 0.25) is 6.41 Å². The molecule has 0 bridgehead atoms. The summed E-state index contributed by atoms with van der Waals surface area (Å²) in [5.74, 6) is 1.86. The molecule has 2 heterocycles. The van der Waals surface area contributed by atoms with Crippen molar-refractivity contribution in [3.05, 3.63) is 28.7 Å². The number of nitrogens with zero attached hydrogens (tertiary/aromatic N) is 3. The van der Waals surface area contributed by atoms with E-state index in [2.05, 4.69) is 9.97 Å². The summed E-state index contributed by atoms with van der Waals surface area (Å²) in [4.78, 5) is 22.1. The molecule has 25 heavy (non-hydrogen) atoms. The second-order valence-electron chi connectivity index (χ2n) is 5.68. The number of carbonyl (C=O) groups excluding carboxylic acids is 1. The van der Waals surface area contributed by atoms with Crippen LogP contribution in [0.1, 0.15) is 30.7 Å². The van der Waals surface area contributed by atoms with E-state index >= 15 is 0 Å². The number of hydrogen-bond donors (Lipinski definition) is 2. The molecule has 2 rings (SSSR count). The normalized spacial score (nSPS) is 17.7. The lowest BCUT2D eigenvalue weighted by molar-refractivity contribution is -0.116. The minimum atomic E-state index is 0.0296.